The lowest BCUT2D eigenvalue weighted by Gasteiger charge is -2.29. The molecule has 2 amide bonds. The number of thiophene rings is 1. The molecule has 0 spiro atoms. The molecule has 2 aromatic carbocycles. The SMILES string of the molecule is O=C(Cc1ccc(Cl)cc1)Nc1ccc2c(c1)N(C(=O)c1cccs1)CCC2. The van der Waals surface area contributed by atoms with Crippen LogP contribution in [0.2, 0.25) is 5.02 Å². The third-order valence-corrected chi connectivity index (χ3v) is 5.85. The number of fused-ring (bicyclic) bond motifs is 1. The number of halogens is 1. The van der Waals surface area contributed by atoms with Crippen molar-refractivity contribution in [1.82, 2.24) is 0 Å². The highest BCUT2D eigenvalue weighted by Gasteiger charge is 2.24. The molecule has 1 aliphatic heterocycles. The summed E-state index contributed by atoms with van der Waals surface area (Å²) >= 11 is 7.34. The summed E-state index contributed by atoms with van der Waals surface area (Å²) in [5.41, 5.74) is 3.61. The van der Waals surface area contributed by atoms with Crippen LogP contribution in [0.25, 0.3) is 0 Å². The molecule has 0 aliphatic carbocycles. The van der Waals surface area contributed by atoms with Crippen LogP contribution >= 0.6 is 22.9 Å². The van der Waals surface area contributed by atoms with E-state index in [0.717, 1.165) is 34.5 Å². The normalized spacial score (nSPS) is 13.1. The van der Waals surface area contributed by atoms with E-state index in [0.29, 0.717) is 17.3 Å². The Morgan fingerprint density at radius 3 is 2.68 bits per heavy atom. The lowest BCUT2D eigenvalue weighted by Crippen LogP contribution is -2.35. The van der Waals surface area contributed by atoms with Gasteiger partial charge in [-0.25, -0.2) is 0 Å². The highest BCUT2D eigenvalue weighted by atomic mass is 35.5. The van der Waals surface area contributed by atoms with Crippen molar-refractivity contribution in [3.8, 4) is 0 Å². The van der Waals surface area contributed by atoms with Crippen molar-refractivity contribution in [2.24, 2.45) is 0 Å². The zero-order valence-electron chi connectivity index (χ0n) is 15.2. The number of benzene rings is 2. The molecule has 0 saturated carbocycles. The van der Waals surface area contributed by atoms with Crippen LogP contribution in [0.15, 0.2) is 60.0 Å². The lowest BCUT2D eigenvalue weighted by atomic mass is 10.0. The fourth-order valence-corrected chi connectivity index (χ4v) is 4.19. The molecule has 1 aliphatic rings. The summed E-state index contributed by atoms with van der Waals surface area (Å²) in [6.45, 7) is 0.686. The predicted octanol–water partition coefficient (Wildman–Crippen LogP) is 5.18. The molecule has 4 nitrogen and oxygen atoms in total. The fourth-order valence-electron chi connectivity index (χ4n) is 3.39. The first kappa shape index (κ1) is 18.7. The van der Waals surface area contributed by atoms with E-state index in [1.165, 1.54) is 11.3 Å². The number of hydrogen-bond donors (Lipinski definition) is 1. The second-order valence-corrected chi connectivity index (χ2v) is 8.12. The number of nitrogens with one attached hydrogen (secondary N) is 1. The van der Waals surface area contributed by atoms with Crippen molar-refractivity contribution in [3.63, 3.8) is 0 Å². The van der Waals surface area contributed by atoms with Gasteiger partial charge in [-0.2, -0.15) is 0 Å². The van der Waals surface area contributed by atoms with E-state index in [-0.39, 0.29) is 18.2 Å². The van der Waals surface area contributed by atoms with Gasteiger partial charge in [-0.1, -0.05) is 35.9 Å². The first-order valence-electron chi connectivity index (χ1n) is 9.13. The van der Waals surface area contributed by atoms with Gasteiger partial charge in [0.2, 0.25) is 5.91 Å². The fraction of sp³-hybridized carbons (Fsp3) is 0.182. The average molecular weight is 411 g/mol. The first-order valence-corrected chi connectivity index (χ1v) is 10.4. The van der Waals surface area contributed by atoms with E-state index in [2.05, 4.69) is 5.32 Å². The number of anilines is 2. The number of aryl methyl sites for hydroxylation is 1. The Hall–Kier alpha value is -2.63. The standard InChI is InChI=1S/C22H19ClN2O2S/c23-17-8-5-15(6-9-17)13-21(26)24-18-10-7-16-3-1-11-25(19(16)14-18)22(27)20-4-2-12-28-20/h2,4-10,12,14H,1,3,11,13H2,(H,24,26). The maximum absolute atomic E-state index is 12.9. The summed E-state index contributed by atoms with van der Waals surface area (Å²) in [6.07, 6.45) is 2.14. The molecule has 0 saturated heterocycles. The number of carbonyl (C=O) groups excluding carboxylic acids is 2. The van der Waals surface area contributed by atoms with Crippen molar-refractivity contribution in [2.45, 2.75) is 19.3 Å². The monoisotopic (exact) mass is 410 g/mol. The van der Waals surface area contributed by atoms with E-state index in [1.807, 2.05) is 52.7 Å². The van der Waals surface area contributed by atoms with Crippen LogP contribution in [-0.4, -0.2) is 18.4 Å². The van der Waals surface area contributed by atoms with E-state index < -0.39 is 0 Å². The molecular formula is C22H19ClN2O2S. The van der Waals surface area contributed by atoms with E-state index >= 15 is 0 Å². The molecule has 1 aromatic heterocycles. The molecule has 2 heterocycles. The van der Waals surface area contributed by atoms with Crippen LogP contribution in [0.4, 0.5) is 11.4 Å². The molecule has 1 N–H and O–H groups in total. The Labute approximate surface area is 172 Å². The zero-order chi connectivity index (χ0) is 19.5. The third-order valence-electron chi connectivity index (χ3n) is 4.74. The number of nitrogens with zero attached hydrogens (tertiary/aromatic N) is 1. The van der Waals surface area contributed by atoms with E-state index in [1.54, 1.807) is 12.1 Å². The van der Waals surface area contributed by atoms with Gasteiger partial charge in [0.15, 0.2) is 0 Å². The number of carbonyl (C=O) groups is 2. The number of amides is 2. The van der Waals surface area contributed by atoms with Gasteiger partial charge in [0, 0.05) is 22.9 Å². The van der Waals surface area contributed by atoms with Crippen LogP contribution in [0, 0.1) is 0 Å². The van der Waals surface area contributed by atoms with Gasteiger partial charge in [0.1, 0.15) is 0 Å². The van der Waals surface area contributed by atoms with Gasteiger partial charge in [0.05, 0.1) is 11.3 Å². The maximum Gasteiger partial charge on any atom is 0.268 e. The third kappa shape index (κ3) is 4.11. The molecule has 142 valence electrons. The first-order chi connectivity index (χ1) is 13.6. The molecule has 0 fully saturated rings. The largest absolute Gasteiger partial charge is 0.326 e. The van der Waals surface area contributed by atoms with Crippen molar-refractivity contribution < 1.29 is 9.59 Å². The quantitative estimate of drug-likeness (QED) is 0.644. The topological polar surface area (TPSA) is 49.4 Å². The predicted molar refractivity (Wildman–Crippen MR) is 115 cm³/mol. The summed E-state index contributed by atoms with van der Waals surface area (Å²) < 4.78 is 0. The van der Waals surface area contributed by atoms with Gasteiger partial charge in [0.25, 0.3) is 5.91 Å². The second-order valence-electron chi connectivity index (χ2n) is 6.73. The molecule has 0 unspecified atom stereocenters. The summed E-state index contributed by atoms with van der Waals surface area (Å²) in [5.74, 6) is -0.0881. The van der Waals surface area contributed by atoms with Gasteiger partial charge >= 0.3 is 0 Å². The van der Waals surface area contributed by atoms with Crippen LogP contribution in [0.5, 0.6) is 0 Å². The van der Waals surface area contributed by atoms with Crippen molar-refractivity contribution in [3.05, 3.63) is 81.0 Å². The number of rotatable bonds is 4. The summed E-state index contributed by atoms with van der Waals surface area (Å²) in [7, 11) is 0. The summed E-state index contributed by atoms with van der Waals surface area (Å²) in [6, 6.07) is 16.8. The summed E-state index contributed by atoms with van der Waals surface area (Å²) in [4.78, 5) is 27.8. The summed E-state index contributed by atoms with van der Waals surface area (Å²) in [5, 5.41) is 5.50. The highest BCUT2D eigenvalue weighted by Crippen LogP contribution is 2.32. The molecular weight excluding hydrogens is 392 g/mol. The minimum absolute atomic E-state index is 0.0144. The zero-order valence-corrected chi connectivity index (χ0v) is 16.7. The van der Waals surface area contributed by atoms with Gasteiger partial charge in [-0.15, -0.1) is 11.3 Å². The molecule has 6 heteroatoms. The lowest BCUT2D eigenvalue weighted by molar-refractivity contribution is -0.115. The Morgan fingerprint density at radius 1 is 1.11 bits per heavy atom. The van der Waals surface area contributed by atoms with E-state index in [4.69, 9.17) is 11.6 Å². The molecule has 28 heavy (non-hydrogen) atoms. The smallest absolute Gasteiger partial charge is 0.268 e. The van der Waals surface area contributed by atoms with E-state index in [9.17, 15) is 9.59 Å². The van der Waals surface area contributed by atoms with Crippen molar-refractivity contribution >= 4 is 46.1 Å². The van der Waals surface area contributed by atoms with Crippen LogP contribution in [0.3, 0.4) is 0 Å². The Morgan fingerprint density at radius 2 is 1.93 bits per heavy atom. The maximum atomic E-state index is 12.9. The molecule has 3 aromatic rings. The van der Waals surface area contributed by atoms with Crippen molar-refractivity contribution in [1.29, 1.82) is 0 Å². The average Bonchev–Trinajstić information content (AvgIpc) is 3.23. The molecule has 4 rings (SSSR count). The number of hydrogen-bond acceptors (Lipinski definition) is 3. The second kappa shape index (κ2) is 8.17. The van der Waals surface area contributed by atoms with Crippen LogP contribution < -0.4 is 10.2 Å². The molecule has 0 radical (unpaired) electrons. The van der Waals surface area contributed by atoms with Gasteiger partial charge in [-0.05, 0) is 59.7 Å². The van der Waals surface area contributed by atoms with Crippen LogP contribution in [-0.2, 0) is 17.6 Å². The minimum atomic E-state index is -0.103. The van der Waals surface area contributed by atoms with Crippen molar-refractivity contribution in [2.75, 3.05) is 16.8 Å². The Kier molecular flexibility index (Phi) is 5.46. The molecule has 0 atom stereocenters. The molecule has 0 bridgehead atoms. The Balaban J connectivity index is 1.52. The van der Waals surface area contributed by atoms with Gasteiger partial charge in [-0.3, -0.25) is 9.59 Å². The minimum Gasteiger partial charge on any atom is -0.326 e. The van der Waals surface area contributed by atoms with Crippen LogP contribution in [0.1, 0.15) is 27.2 Å². The highest BCUT2D eigenvalue weighted by molar-refractivity contribution is 7.12. The van der Waals surface area contributed by atoms with Gasteiger partial charge < -0.3 is 10.2 Å². The Bertz CT molecular complexity index is 1000.